The molecule has 1 aromatic carbocycles. The Balaban J connectivity index is 2.61. The lowest BCUT2D eigenvalue weighted by Gasteiger charge is -2.07. The third-order valence-electron chi connectivity index (χ3n) is 2.38. The standard InChI is InChI=1S/C11H17N3O3S/c1-2-18(16,17)4-3-14-11(15)8-5-9(12)7-10(13)6-8/h5-7H,2-4,12-13H2,1H3,(H,14,15). The van der Waals surface area contributed by atoms with Crippen LogP contribution in [0.1, 0.15) is 17.3 Å². The third-order valence-corrected chi connectivity index (χ3v) is 4.08. The Hall–Kier alpha value is -1.76. The highest BCUT2D eigenvalue weighted by Gasteiger charge is 2.10. The maximum atomic E-state index is 11.7. The molecule has 1 amide bonds. The molecule has 0 aliphatic rings. The van der Waals surface area contributed by atoms with Gasteiger partial charge in [-0.1, -0.05) is 6.92 Å². The first kappa shape index (κ1) is 14.3. The summed E-state index contributed by atoms with van der Waals surface area (Å²) in [5.41, 5.74) is 12.2. The van der Waals surface area contributed by atoms with E-state index >= 15 is 0 Å². The Kier molecular flexibility index (Phi) is 4.55. The van der Waals surface area contributed by atoms with Gasteiger partial charge in [-0.3, -0.25) is 4.79 Å². The van der Waals surface area contributed by atoms with E-state index in [2.05, 4.69) is 5.32 Å². The van der Waals surface area contributed by atoms with Crippen LogP contribution in [-0.4, -0.2) is 32.4 Å². The van der Waals surface area contributed by atoms with Crippen molar-refractivity contribution in [2.24, 2.45) is 0 Å². The van der Waals surface area contributed by atoms with Gasteiger partial charge in [0, 0.05) is 29.2 Å². The average molecular weight is 271 g/mol. The number of nitrogen functional groups attached to an aromatic ring is 2. The van der Waals surface area contributed by atoms with Crippen LogP contribution in [0.3, 0.4) is 0 Å². The Morgan fingerprint density at radius 3 is 2.28 bits per heavy atom. The van der Waals surface area contributed by atoms with Gasteiger partial charge in [0.1, 0.15) is 0 Å². The number of carbonyl (C=O) groups is 1. The highest BCUT2D eigenvalue weighted by molar-refractivity contribution is 7.91. The summed E-state index contributed by atoms with van der Waals surface area (Å²) in [6.45, 7) is 1.64. The lowest BCUT2D eigenvalue weighted by Crippen LogP contribution is -2.29. The number of hydrogen-bond donors (Lipinski definition) is 3. The lowest BCUT2D eigenvalue weighted by molar-refractivity contribution is 0.0956. The molecule has 6 nitrogen and oxygen atoms in total. The van der Waals surface area contributed by atoms with Crippen molar-refractivity contribution in [1.82, 2.24) is 5.32 Å². The SMILES string of the molecule is CCS(=O)(=O)CCNC(=O)c1cc(N)cc(N)c1. The number of benzene rings is 1. The molecule has 5 N–H and O–H groups in total. The molecule has 0 saturated carbocycles. The quantitative estimate of drug-likeness (QED) is 0.653. The largest absolute Gasteiger partial charge is 0.399 e. The van der Waals surface area contributed by atoms with Gasteiger partial charge in [-0.25, -0.2) is 8.42 Å². The molecule has 1 rings (SSSR count). The first-order valence-electron chi connectivity index (χ1n) is 5.48. The van der Waals surface area contributed by atoms with Gasteiger partial charge in [-0.05, 0) is 18.2 Å². The Labute approximate surface area is 106 Å². The van der Waals surface area contributed by atoms with Gasteiger partial charge in [0.25, 0.3) is 5.91 Å². The van der Waals surface area contributed by atoms with Crippen molar-refractivity contribution in [3.05, 3.63) is 23.8 Å². The Bertz CT molecular complexity index is 520. The Morgan fingerprint density at radius 2 is 1.78 bits per heavy atom. The van der Waals surface area contributed by atoms with E-state index in [0.717, 1.165) is 0 Å². The fraction of sp³-hybridized carbons (Fsp3) is 0.364. The van der Waals surface area contributed by atoms with Gasteiger partial charge in [0.15, 0.2) is 9.84 Å². The predicted octanol–water partition coefficient (Wildman–Crippen LogP) is 0.0155. The molecule has 0 aromatic heterocycles. The van der Waals surface area contributed by atoms with Crippen molar-refractivity contribution in [2.75, 3.05) is 29.5 Å². The summed E-state index contributed by atoms with van der Waals surface area (Å²) in [6, 6.07) is 4.51. The van der Waals surface area contributed by atoms with Gasteiger partial charge in [-0.15, -0.1) is 0 Å². The smallest absolute Gasteiger partial charge is 0.251 e. The number of hydrogen-bond acceptors (Lipinski definition) is 5. The highest BCUT2D eigenvalue weighted by atomic mass is 32.2. The molecule has 0 bridgehead atoms. The number of nitrogens with one attached hydrogen (secondary N) is 1. The average Bonchev–Trinajstić information content (AvgIpc) is 2.27. The van der Waals surface area contributed by atoms with E-state index in [0.29, 0.717) is 16.9 Å². The van der Waals surface area contributed by atoms with Crippen LogP contribution >= 0.6 is 0 Å². The van der Waals surface area contributed by atoms with E-state index in [1.54, 1.807) is 13.0 Å². The zero-order valence-corrected chi connectivity index (χ0v) is 11.0. The van der Waals surface area contributed by atoms with Crippen LogP contribution in [0.2, 0.25) is 0 Å². The maximum absolute atomic E-state index is 11.7. The fourth-order valence-electron chi connectivity index (χ4n) is 1.37. The summed E-state index contributed by atoms with van der Waals surface area (Å²) < 4.78 is 22.5. The minimum Gasteiger partial charge on any atom is -0.399 e. The van der Waals surface area contributed by atoms with E-state index in [4.69, 9.17) is 11.5 Å². The second-order valence-corrected chi connectivity index (χ2v) is 6.35. The summed E-state index contributed by atoms with van der Waals surface area (Å²) in [4.78, 5) is 11.7. The molecule has 0 aliphatic heterocycles. The summed E-state index contributed by atoms with van der Waals surface area (Å²) in [5.74, 6) is -0.401. The minimum absolute atomic E-state index is 0.0636. The summed E-state index contributed by atoms with van der Waals surface area (Å²) >= 11 is 0. The molecule has 100 valence electrons. The number of sulfone groups is 1. The van der Waals surface area contributed by atoms with Gasteiger partial charge >= 0.3 is 0 Å². The van der Waals surface area contributed by atoms with E-state index in [1.165, 1.54) is 12.1 Å². The highest BCUT2D eigenvalue weighted by Crippen LogP contribution is 2.13. The van der Waals surface area contributed by atoms with Crippen LogP contribution in [0.25, 0.3) is 0 Å². The number of anilines is 2. The molecule has 0 saturated heterocycles. The molecule has 0 fully saturated rings. The van der Waals surface area contributed by atoms with Crippen molar-refractivity contribution < 1.29 is 13.2 Å². The molecule has 0 atom stereocenters. The molecule has 0 radical (unpaired) electrons. The van der Waals surface area contributed by atoms with Crippen LogP contribution in [-0.2, 0) is 9.84 Å². The number of nitrogens with two attached hydrogens (primary N) is 2. The van der Waals surface area contributed by atoms with Crippen molar-refractivity contribution in [3.63, 3.8) is 0 Å². The fourth-order valence-corrected chi connectivity index (χ4v) is 2.08. The third kappa shape index (κ3) is 4.25. The molecule has 0 spiro atoms. The van der Waals surface area contributed by atoms with E-state index in [-0.39, 0.29) is 24.0 Å². The van der Waals surface area contributed by atoms with Crippen LogP contribution in [0.5, 0.6) is 0 Å². The first-order valence-corrected chi connectivity index (χ1v) is 7.31. The molecule has 18 heavy (non-hydrogen) atoms. The van der Waals surface area contributed by atoms with E-state index < -0.39 is 9.84 Å². The van der Waals surface area contributed by atoms with E-state index in [1.807, 2.05) is 0 Å². The van der Waals surface area contributed by atoms with Crippen molar-refractivity contribution in [3.8, 4) is 0 Å². The zero-order chi connectivity index (χ0) is 13.8. The minimum atomic E-state index is -3.08. The van der Waals surface area contributed by atoms with Crippen LogP contribution in [0.15, 0.2) is 18.2 Å². The molecule has 0 unspecified atom stereocenters. The molecular weight excluding hydrogens is 254 g/mol. The number of rotatable bonds is 5. The Morgan fingerprint density at radius 1 is 1.22 bits per heavy atom. The summed E-state index contributed by atoms with van der Waals surface area (Å²) in [6.07, 6.45) is 0. The summed E-state index contributed by atoms with van der Waals surface area (Å²) in [7, 11) is -3.08. The predicted molar refractivity (Wildman–Crippen MR) is 71.9 cm³/mol. The first-order chi connectivity index (χ1) is 8.34. The number of amides is 1. The molecule has 0 heterocycles. The van der Waals surface area contributed by atoms with Crippen LogP contribution in [0, 0.1) is 0 Å². The summed E-state index contributed by atoms with van der Waals surface area (Å²) in [5, 5.41) is 2.51. The molecule has 0 aliphatic carbocycles. The van der Waals surface area contributed by atoms with Crippen molar-refractivity contribution >= 4 is 27.1 Å². The monoisotopic (exact) mass is 271 g/mol. The maximum Gasteiger partial charge on any atom is 0.251 e. The second kappa shape index (κ2) is 5.72. The van der Waals surface area contributed by atoms with Gasteiger partial charge in [0.05, 0.1) is 5.75 Å². The topological polar surface area (TPSA) is 115 Å². The van der Waals surface area contributed by atoms with E-state index in [9.17, 15) is 13.2 Å². The van der Waals surface area contributed by atoms with Crippen molar-refractivity contribution in [2.45, 2.75) is 6.92 Å². The van der Waals surface area contributed by atoms with Crippen LogP contribution in [0.4, 0.5) is 11.4 Å². The van der Waals surface area contributed by atoms with Crippen LogP contribution < -0.4 is 16.8 Å². The second-order valence-electron chi connectivity index (χ2n) is 3.88. The zero-order valence-electron chi connectivity index (χ0n) is 10.1. The number of carbonyl (C=O) groups excluding carboxylic acids is 1. The van der Waals surface area contributed by atoms with Gasteiger partial charge < -0.3 is 16.8 Å². The van der Waals surface area contributed by atoms with Gasteiger partial charge in [0.2, 0.25) is 0 Å². The lowest BCUT2D eigenvalue weighted by atomic mass is 10.1. The molecule has 7 heteroatoms. The molecular formula is C11H17N3O3S. The normalized spacial score (nSPS) is 11.2. The van der Waals surface area contributed by atoms with Crippen molar-refractivity contribution in [1.29, 1.82) is 0 Å². The molecule has 1 aromatic rings. The van der Waals surface area contributed by atoms with Gasteiger partial charge in [-0.2, -0.15) is 0 Å².